The summed E-state index contributed by atoms with van der Waals surface area (Å²) in [5.74, 6) is 0.842. The number of rotatable bonds is 12. The molecule has 0 saturated heterocycles. The summed E-state index contributed by atoms with van der Waals surface area (Å²) in [6.07, 6.45) is 16.9. The van der Waals surface area contributed by atoms with Gasteiger partial charge in [-0.15, -0.1) is 0 Å². The monoisotopic (exact) mass is 225 g/mol. The van der Waals surface area contributed by atoms with Crippen molar-refractivity contribution in [3.8, 4) is 0 Å². The molecule has 0 saturated carbocycles. The lowest BCUT2D eigenvalue weighted by atomic mass is 9.99. The predicted molar refractivity (Wildman–Crippen MR) is 75.6 cm³/mol. The van der Waals surface area contributed by atoms with E-state index < -0.39 is 0 Å². The first kappa shape index (κ1) is 16.0. The first-order valence-corrected chi connectivity index (χ1v) is 7.60. The molecule has 0 aromatic heterocycles. The van der Waals surface area contributed by atoms with Crippen LogP contribution in [-0.2, 0) is 0 Å². The molecule has 0 aliphatic heterocycles. The Hall–Kier alpha value is 0. The van der Waals surface area contributed by atoms with E-state index in [9.17, 15) is 0 Å². The second-order valence-electron chi connectivity index (χ2n) is 5.36. The number of unbranched alkanes of at least 4 members (excludes halogenated alkanes) is 9. The highest BCUT2D eigenvalue weighted by atomic mass is 14.0. The normalized spacial score (nSPS) is 12.9. The van der Waals surface area contributed by atoms with Crippen LogP contribution in [0.4, 0.5) is 0 Å². The minimum absolute atomic E-state index is 0.842. The van der Waals surface area contributed by atoms with Crippen LogP contribution in [0.15, 0.2) is 0 Å². The molecular formula is C16H33. The first-order chi connectivity index (χ1) is 7.81. The molecule has 0 rings (SSSR count). The lowest BCUT2D eigenvalue weighted by Crippen LogP contribution is -1.91. The van der Waals surface area contributed by atoms with Gasteiger partial charge in [0.05, 0.1) is 0 Å². The minimum atomic E-state index is 0.842. The van der Waals surface area contributed by atoms with Crippen LogP contribution in [0.1, 0.15) is 90.9 Å². The Morgan fingerprint density at radius 1 is 0.750 bits per heavy atom. The van der Waals surface area contributed by atoms with Gasteiger partial charge in [0.15, 0.2) is 0 Å². The maximum absolute atomic E-state index is 3.95. The number of hydrogen-bond donors (Lipinski definition) is 0. The third-order valence-electron chi connectivity index (χ3n) is 3.54. The maximum Gasteiger partial charge on any atom is -0.0443 e. The van der Waals surface area contributed by atoms with E-state index >= 15 is 0 Å². The summed E-state index contributed by atoms with van der Waals surface area (Å²) < 4.78 is 0. The molecule has 0 heteroatoms. The molecule has 0 aromatic carbocycles. The second-order valence-corrected chi connectivity index (χ2v) is 5.36. The van der Waals surface area contributed by atoms with Crippen LogP contribution in [0.3, 0.4) is 0 Å². The van der Waals surface area contributed by atoms with Gasteiger partial charge in [0.25, 0.3) is 0 Å². The Kier molecular flexibility index (Phi) is 13.1. The van der Waals surface area contributed by atoms with Crippen molar-refractivity contribution in [3.05, 3.63) is 6.92 Å². The standard InChI is InChI=1S/C16H33/c1-4-6-7-8-9-10-11-12-13-14-15-16(3)5-2/h16H,2,4-15H2,1,3H3. The second kappa shape index (κ2) is 13.1. The van der Waals surface area contributed by atoms with E-state index in [1.165, 1.54) is 70.6 Å². The van der Waals surface area contributed by atoms with Gasteiger partial charge in [0.2, 0.25) is 0 Å². The molecule has 1 unspecified atom stereocenters. The summed E-state index contributed by atoms with van der Waals surface area (Å²) in [6.45, 7) is 8.55. The Balaban J connectivity index is 2.93. The SMILES string of the molecule is [CH2]CC(C)CCCCCCCCCCCC. The van der Waals surface area contributed by atoms with Crippen LogP contribution in [0.25, 0.3) is 0 Å². The van der Waals surface area contributed by atoms with Crippen molar-refractivity contribution in [3.63, 3.8) is 0 Å². The zero-order valence-electron chi connectivity index (χ0n) is 11.8. The van der Waals surface area contributed by atoms with Crippen LogP contribution < -0.4 is 0 Å². The van der Waals surface area contributed by atoms with Crippen LogP contribution in [-0.4, -0.2) is 0 Å². The first-order valence-electron chi connectivity index (χ1n) is 7.60. The molecular weight excluding hydrogens is 192 g/mol. The highest BCUT2D eigenvalue weighted by Crippen LogP contribution is 2.14. The molecule has 0 aliphatic carbocycles. The Labute approximate surface area is 104 Å². The molecule has 0 heterocycles. The fourth-order valence-corrected chi connectivity index (χ4v) is 2.12. The largest absolute Gasteiger partial charge is 0.0654 e. The molecule has 0 aliphatic rings. The molecule has 0 fully saturated rings. The van der Waals surface area contributed by atoms with Gasteiger partial charge in [0, 0.05) is 0 Å². The summed E-state index contributed by atoms with van der Waals surface area (Å²) in [5, 5.41) is 0. The Morgan fingerprint density at radius 3 is 1.62 bits per heavy atom. The van der Waals surface area contributed by atoms with Crippen molar-refractivity contribution in [1.29, 1.82) is 0 Å². The van der Waals surface area contributed by atoms with Gasteiger partial charge < -0.3 is 0 Å². The summed E-state index contributed by atoms with van der Waals surface area (Å²) >= 11 is 0. The van der Waals surface area contributed by atoms with Crippen molar-refractivity contribution < 1.29 is 0 Å². The summed E-state index contributed by atoms with van der Waals surface area (Å²) in [6, 6.07) is 0. The molecule has 97 valence electrons. The van der Waals surface area contributed by atoms with E-state index in [1.54, 1.807) is 0 Å². The lowest BCUT2D eigenvalue weighted by molar-refractivity contribution is 0.482. The van der Waals surface area contributed by atoms with Crippen LogP contribution in [0, 0.1) is 12.8 Å². The Bertz CT molecular complexity index is 117. The van der Waals surface area contributed by atoms with Crippen molar-refractivity contribution in [1.82, 2.24) is 0 Å². The van der Waals surface area contributed by atoms with E-state index in [-0.39, 0.29) is 0 Å². The predicted octanol–water partition coefficient (Wildman–Crippen LogP) is 6.16. The fourth-order valence-electron chi connectivity index (χ4n) is 2.12. The molecule has 0 nitrogen and oxygen atoms in total. The quantitative estimate of drug-likeness (QED) is 0.349. The van der Waals surface area contributed by atoms with Crippen molar-refractivity contribution in [2.45, 2.75) is 90.9 Å². The molecule has 1 radical (unpaired) electrons. The third-order valence-corrected chi connectivity index (χ3v) is 3.54. The van der Waals surface area contributed by atoms with E-state index in [0.29, 0.717) is 0 Å². The average Bonchev–Trinajstić information content (AvgIpc) is 2.31. The number of hydrogen-bond acceptors (Lipinski definition) is 0. The lowest BCUT2D eigenvalue weighted by Gasteiger charge is -2.07. The van der Waals surface area contributed by atoms with Crippen LogP contribution in [0.2, 0.25) is 0 Å². The highest BCUT2D eigenvalue weighted by Gasteiger charge is 1.98. The molecule has 16 heavy (non-hydrogen) atoms. The minimum Gasteiger partial charge on any atom is -0.0654 e. The maximum atomic E-state index is 3.95. The molecule has 0 bridgehead atoms. The molecule has 0 N–H and O–H groups in total. The van der Waals surface area contributed by atoms with Crippen LogP contribution >= 0.6 is 0 Å². The van der Waals surface area contributed by atoms with Gasteiger partial charge in [-0.3, -0.25) is 0 Å². The van der Waals surface area contributed by atoms with E-state index in [2.05, 4.69) is 20.8 Å². The van der Waals surface area contributed by atoms with Gasteiger partial charge in [-0.2, -0.15) is 0 Å². The molecule has 1 atom stereocenters. The van der Waals surface area contributed by atoms with Gasteiger partial charge in [-0.25, -0.2) is 0 Å². The molecule has 0 spiro atoms. The van der Waals surface area contributed by atoms with Gasteiger partial charge in [-0.05, 0) is 5.92 Å². The van der Waals surface area contributed by atoms with Gasteiger partial charge >= 0.3 is 0 Å². The zero-order chi connectivity index (χ0) is 12.1. The Morgan fingerprint density at radius 2 is 1.19 bits per heavy atom. The molecule has 0 aromatic rings. The molecule has 0 amide bonds. The third kappa shape index (κ3) is 12.1. The summed E-state index contributed by atoms with van der Waals surface area (Å²) in [5.41, 5.74) is 0. The smallest absolute Gasteiger partial charge is 0.0443 e. The van der Waals surface area contributed by atoms with Crippen molar-refractivity contribution >= 4 is 0 Å². The van der Waals surface area contributed by atoms with E-state index in [0.717, 1.165) is 12.3 Å². The van der Waals surface area contributed by atoms with Crippen LogP contribution in [0.5, 0.6) is 0 Å². The van der Waals surface area contributed by atoms with Gasteiger partial charge in [-0.1, -0.05) is 97.8 Å². The summed E-state index contributed by atoms with van der Waals surface area (Å²) in [4.78, 5) is 0. The fraction of sp³-hybridized carbons (Fsp3) is 0.938. The van der Waals surface area contributed by atoms with E-state index in [4.69, 9.17) is 0 Å². The summed E-state index contributed by atoms with van der Waals surface area (Å²) in [7, 11) is 0. The average molecular weight is 225 g/mol. The van der Waals surface area contributed by atoms with Crippen molar-refractivity contribution in [2.24, 2.45) is 5.92 Å². The van der Waals surface area contributed by atoms with Crippen molar-refractivity contribution in [2.75, 3.05) is 0 Å². The topological polar surface area (TPSA) is 0 Å². The van der Waals surface area contributed by atoms with Gasteiger partial charge in [0.1, 0.15) is 0 Å². The highest BCUT2D eigenvalue weighted by molar-refractivity contribution is 4.55. The van der Waals surface area contributed by atoms with E-state index in [1.807, 2.05) is 0 Å². The zero-order valence-corrected chi connectivity index (χ0v) is 11.8.